The summed E-state index contributed by atoms with van der Waals surface area (Å²) in [5.74, 6) is 0.220. The Morgan fingerprint density at radius 3 is 2.46 bits per heavy atom. The molecule has 4 nitrogen and oxygen atoms in total. The average molecular weight is 377 g/mol. The van der Waals surface area contributed by atoms with Crippen LogP contribution in [0.25, 0.3) is 0 Å². The first-order valence-electron chi connectivity index (χ1n) is 10.4. The van der Waals surface area contributed by atoms with Crippen LogP contribution >= 0.6 is 0 Å². The molecule has 146 valence electrons. The molecule has 1 atom stereocenters. The molecule has 1 fully saturated rings. The molecule has 1 N–H and O–H groups in total. The maximum absolute atomic E-state index is 12.9. The number of carbonyl (C=O) groups excluding carboxylic acids is 2. The lowest BCUT2D eigenvalue weighted by molar-refractivity contribution is -0.127. The topological polar surface area (TPSA) is 49.4 Å². The lowest BCUT2D eigenvalue weighted by Crippen LogP contribution is -2.44. The zero-order valence-electron chi connectivity index (χ0n) is 16.5. The van der Waals surface area contributed by atoms with Gasteiger partial charge in [-0.25, -0.2) is 0 Å². The number of hydrogen-bond donors (Lipinski definition) is 1. The summed E-state index contributed by atoms with van der Waals surface area (Å²) < 4.78 is 0. The summed E-state index contributed by atoms with van der Waals surface area (Å²) in [6.07, 6.45) is 4.69. The Morgan fingerprint density at radius 2 is 1.68 bits per heavy atom. The molecule has 0 aromatic heterocycles. The highest BCUT2D eigenvalue weighted by atomic mass is 16.2. The van der Waals surface area contributed by atoms with Crippen molar-refractivity contribution in [2.24, 2.45) is 5.92 Å². The third-order valence-corrected chi connectivity index (χ3v) is 6.21. The lowest BCUT2D eigenvalue weighted by atomic mass is 9.87. The Kier molecular flexibility index (Phi) is 5.47. The van der Waals surface area contributed by atoms with Crippen LogP contribution in [0.4, 0.5) is 0 Å². The molecule has 0 bridgehead atoms. The maximum Gasteiger partial charge on any atom is 0.254 e. The van der Waals surface area contributed by atoms with Crippen LogP contribution in [0.5, 0.6) is 0 Å². The van der Waals surface area contributed by atoms with Gasteiger partial charge in [0.05, 0.1) is 6.04 Å². The van der Waals surface area contributed by atoms with E-state index >= 15 is 0 Å². The van der Waals surface area contributed by atoms with Crippen molar-refractivity contribution in [3.8, 4) is 0 Å². The van der Waals surface area contributed by atoms with Crippen LogP contribution < -0.4 is 5.32 Å². The molecule has 1 heterocycles. The van der Waals surface area contributed by atoms with Gasteiger partial charge in [-0.05, 0) is 61.8 Å². The summed E-state index contributed by atoms with van der Waals surface area (Å²) in [5, 5.41) is 3.29. The molecule has 0 spiro atoms. The number of fused-ring (bicyclic) bond motifs is 1. The van der Waals surface area contributed by atoms with Gasteiger partial charge in [-0.15, -0.1) is 0 Å². The van der Waals surface area contributed by atoms with Crippen LogP contribution in [0.2, 0.25) is 0 Å². The minimum Gasteiger partial charge on any atom is -0.349 e. The molecule has 0 unspecified atom stereocenters. The van der Waals surface area contributed by atoms with Crippen molar-refractivity contribution >= 4 is 11.8 Å². The molecule has 0 radical (unpaired) electrons. The molecule has 28 heavy (non-hydrogen) atoms. The fraction of sp³-hybridized carbons (Fsp3) is 0.417. The second kappa shape index (κ2) is 8.17. The standard InChI is InChI=1S/C24H28N2O2/c1-17-7-2-4-10-20(17)24(28)26-15-13-19(14-16-26)23(27)25-22-12-6-9-18-8-3-5-11-21(18)22/h2-5,7-8,10-11,19,22H,6,9,12-16H2,1H3,(H,25,27)/t22-/m0/s1. The van der Waals surface area contributed by atoms with Crippen LogP contribution in [0.1, 0.15) is 58.8 Å². The third-order valence-electron chi connectivity index (χ3n) is 6.21. The molecule has 2 aromatic rings. The van der Waals surface area contributed by atoms with E-state index < -0.39 is 0 Å². The number of nitrogens with one attached hydrogen (secondary N) is 1. The molecule has 1 aliphatic carbocycles. The van der Waals surface area contributed by atoms with E-state index in [1.54, 1.807) is 0 Å². The number of nitrogens with zero attached hydrogens (tertiary/aromatic N) is 1. The van der Waals surface area contributed by atoms with Crippen LogP contribution in [0.15, 0.2) is 48.5 Å². The quantitative estimate of drug-likeness (QED) is 0.879. The van der Waals surface area contributed by atoms with Gasteiger partial charge in [0.1, 0.15) is 0 Å². The van der Waals surface area contributed by atoms with Crippen molar-refractivity contribution in [1.82, 2.24) is 10.2 Å². The van der Waals surface area contributed by atoms with Crippen molar-refractivity contribution in [2.75, 3.05) is 13.1 Å². The number of aryl methyl sites for hydroxylation is 2. The number of piperidine rings is 1. The van der Waals surface area contributed by atoms with E-state index in [0.29, 0.717) is 13.1 Å². The number of amides is 2. The predicted octanol–water partition coefficient (Wildman–Crippen LogP) is 4.04. The minimum absolute atomic E-state index is 0.00462. The van der Waals surface area contributed by atoms with E-state index in [4.69, 9.17) is 0 Å². The zero-order chi connectivity index (χ0) is 19.5. The van der Waals surface area contributed by atoms with Gasteiger partial charge in [0.2, 0.25) is 5.91 Å². The average Bonchev–Trinajstić information content (AvgIpc) is 2.74. The number of rotatable bonds is 3. The maximum atomic E-state index is 12.9. The van der Waals surface area contributed by atoms with Crippen molar-refractivity contribution < 1.29 is 9.59 Å². The van der Waals surface area contributed by atoms with Gasteiger partial charge in [0, 0.05) is 24.6 Å². The van der Waals surface area contributed by atoms with Gasteiger partial charge in [0.15, 0.2) is 0 Å². The van der Waals surface area contributed by atoms with Crippen LogP contribution in [-0.4, -0.2) is 29.8 Å². The van der Waals surface area contributed by atoms with E-state index in [9.17, 15) is 9.59 Å². The first kappa shape index (κ1) is 18.7. The van der Waals surface area contributed by atoms with Crippen LogP contribution in [0, 0.1) is 12.8 Å². The lowest BCUT2D eigenvalue weighted by Gasteiger charge is -2.33. The monoisotopic (exact) mass is 376 g/mol. The van der Waals surface area contributed by atoms with E-state index in [0.717, 1.165) is 43.2 Å². The number of hydrogen-bond acceptors (Lipinski definition) is 2. The molecular weight excluding hydrogens is 348 g/mol. The van der Waals surface area contributed by atoms with Gasteiger partial charge < -0.3 is 10.2 Å². The van der Waals surface area contributed by atoms with Gasteiger partial charge in [-0.2, -0.15) is 0 Å². The zero-order valence-corrected chi connectivity index (χ0v) is 16.5. The Labute approximate surface area is 166 Å². The first-order valence-corrected chi connectivity index (χ1v) is 10.4. The summed E-state index contributed by atoms with van der Waals surface area (Å²) >= 11 is 0. The van der Waals surface area contributed by atoms with E-state index in [1.165, 1.54) is 11.1 Å². The number of likely N-dealkylation sites (tertiary alicyclic amines) is 1. The Bertz CT molecular complexity index is 868. The van der Waals surface area contributed by atoms with E-state index in [-0.39, 0.29) is 23.8 Å². The molecule has 4 rings (SSSR count). The molecule has 2 aliphatic rings. The molecule has 0 saturated carbocycles. The Hall–Kier alpha value is -2.62. The fourth-order valence-corrected chi connectivity index (χ4v) is 4.52. The molecule has 1 saturated heterocycles. The highest BCUT2D eigenvalue weighted by molar-refractivity contribution is 5.95. The summed E-state index contributed by atoms with van der Waals surface area (Å²) in [7, 11) is 0. The van der Waals surface area contributed by atoms with Gasteiger partial charge in [0.25, 0.3) is 5.91 Å². The van der Waals surface area contributed by atoms with Crippen molar-refractivity contribution in [3.63, 3.8) is 0 Å². The predicted molar refractivity (Wildman–Crippen MR) is 110 cm³/mol. The number of benzene rings is 2. The summed E-state index contributed by atoms with van der Waals surface area (Å²) in [5.41, 5.74) is 4.40. The molecule has 2 aromatic carbocycles. The summed E-state index contributed by atoms with van der Waals surface area (Å²) in [6.45, 7) is 3.26. The van der Waals surface area contributed by atoms with E-state index in [1.807, 2.05) is 36.1 Å². The normalized spacial score (nSPS) is 19.8. The van der Waals surface area contributed by atoms with Gasteiger partial charge >= 0.3 is 0 Å². The second-order valence-corrected chi connectivity index (χ2v) is 8.03. The molecule has 1 aliphatic heterocycles. The first-order chi connectivity index (χ1) is 13.6. The summed E-state index contributed by atoms with van der Waals surface area (Å²) in [6, 6.07) is 16.3. The van der Waals surface area contributed by atoms with E-state index in [2.05, 4.69) is 29.6 Å². The van der Waals surface area contributed by atoms with Crippen molar-refractivity contribution in [3.05, 3.63) is 70.8 Å². The molecular formula is C24H28N2O2. The highest BCUT2D eigenvalue weighted by Crippen LogP contribution is 2.30. The highest BCUT2D eigenvalue weighted by Gasteiger charge is 2.30. The fourth-order valence-electron chi connectivity index (χ4n) is 4.52. The minimum atomic E-state index is -0.00462. The third kappa shape index (κ3) is 3.82. The summed E-state index contributed by atoms with van der Waals surface area (Å²) in [4.78, 5) is 27.5. The van der Waals surface area contributed by atoms with Gasteiger partial charge in [-0.3, -0.25) is 9.59 Å². The van der Waals surface area contributed by atoms with Crippen LogP contribution in [-0.2, 0) is 11.2 Å². The molecule has 4 heteroatoms. The Balaban J connectivity index is 1.35. The SMILES string of the molecule is Cc1ccccc1C(=O)N1CCC(C(=O)N[C@H]2CCCc3ccccc32)CC1. The van der Waals surface area contributed by atoms with Crippen LogP contribution in [0.3, 0.4) is 0 Å². The Morgan fingerprint density at radius 1 is 0.964 bits per heavy atom. The van der Waals surface area contributed by atoms with Crippen molar-refractivity contribution in [2.45, 2.75) is 45.1 Å². The smallest absolute Gasteiger partial charge is 0.254 e. The number of carbonyl (C=O) groups is 2. The largest absolute Gasteiger partial charge is 0.349 e. The second-order valence-electron chi connectivity index (χ2n) is 8.03. The van der Waals surface area contributed by atoms with Gasteiger partial charge in [-0.1, -0.05) is 42.5 Å². The van der Waals surface area contributed by atoms with Crippen molar-refractivity contribution in [1.29, 1.82) is 0 Å². The molecule has 2 amide bonds.